The lowest BCUT2D eigenvalue weighted by atomic mass is 9.84. The van der Waals surface area contributed by atoms with Gasteiger partial charge in [0.15, 0.2) is 0 Å². The molecule has 1 N–H and O–H groups in total. The lowest BCUT2D eigenvalue weighted by Gasteiger charge is -2.23. The van der Waals surface area contributed by atoms with Crippen LogP contribution in [0.15, 0.2) is 0 Å². The first-order chi connectivity index (χ1) is 6.81. The molecule has 92 valence electrons. The minimum Gasteiger partial charge on any atom is -0.315 e. The summed E-state index contributed by atoms with van der Waals surface area (Å²) >= 11 is 0. The maximum absolute atomic E-state index is 3.49. The largest absolute Gasteiger partial charge is 0.315 e. The van der Waals surface area contributed by atoms with Crippen LogP contribution >= 0.6 is 0 Å². The van der Waals surface area contributed by atoms with Gasteiger partial charge in [0.25, 0.3) is 0 Å². The summed E-state index contributed by atoms with van der Waals surface area (Å²) in [6, 6.07) is 0. The molecule has 2 nitrogen and oxygen atoms in total. The molecular formula is C13H30N2. The fourth-order valence-electron chi connectivity index (χ4n) is 1.92. The Morgan fingerprint density at radius 1 is 1.13 bits per heavy atom. The number of rotatable bonds is 7. The molecule has 0 fully saturated rings. The summed E-state index contributed by atoms with van der Waals surface area (Å²) in [5.74, 6) is 0.830. The third-order valence-corrected chi connectivity index (χ3v) is 2.51. The Bertz CT molecular complexity index is 147. The molecule has 0 heterocycles. The van der Waals surface area contributed by atoms with E-state index in [1.165, 1.54) is 12.8 Å². The van der Waals surface area contributed by atoms with Crippen LogP contribution in [-0.2, 0) is 0 Å². The maximum atomic E-state index is 3.49. The van der Waals surface area contributed by atoms with E-state index < -0.39 is 0 Å². The highest BCUT2D eigenvalue weighted by Crippen LogP contribution is 2.25. The monoisotopic (exact) mass is 214 g/mol. The summed E-state index contributed by atoms with van der Waals surface area (Å²) < 4.78 is 0. The molecule has 0 aliphatic rings. The minimum absolute atomic E-state index is 0.475. The molecule has 0 aromatic rings. The van der Waals surface area contributed by atoms with Gasteiger partial charge in [-0.25, -0.2) is 0 Å². The van der Waals surface area contributed by atoms with E-state index in [0.717, 1.165) is 25.6 Å². The van der Waals surface area contributed by atoms with Gasteiger partial charge in [0.1, 0.15) is 0 Å². The molecule has 0 aliphatic carbocycles. The molecule has 0 aliphatic heterocycles. The van der Waals surface area contributed by atoms with Gasteiger partial charge in [-0.1, -0.05) is 27.7 Å². The van der Waals surface area contributed by atoms with Gasteiger partial charge in [-0.2, -0.15) is 0 Å². The number of hydrogen-bond acceptors (Lipinski definition) is 2. The third-order valence-electron chi connectivity index (χ3n) is 2.51. The van der Waals surface area contributed by atoms with Gasteiger partial charge in [-0.05, 0) is 44.8 Å². The first-order valence-electron chi connectivity index (χ1n) is 6.17. The van der Waals surface area contributed by atoms with Crippen molar-refractivity contribution in [3.63, 3.8) is 0 Å². The van der Waals surface area contributed by atoms with Crippen LogP contribution in [0.3, 0.4) is 0 Å². The average Bonchev–Trinajstić information content (AvgIpc) is 1.99. The van der Waals surface area contributed by atoms with Crippen LogP contribution in [0, 0.1) is 11.3 Å². The standard InChI is InChI=1S/C13H30N2/c1-12(11-13(2,3)4)7-8-14-9-10-15(5)6/h12,14H,7-11H2,1-6H3. The van der Waals surface area contributed by atoms with Crippen molar-refractivity contribution in [2.75, 3.05) is 33.7 Å². The molecule has 1 unspecified atom stereocenters. The zero-order valence-electron chi connectivity index (χ0n) is 11.6. The highest BCUT2D eigenvalue weighted by Gasteiger charge is 2.14. The summed E-state index contributed by atoms with van der Waals surface area (Å²) in [5, 5.41) is 3.49. The van der Waals surface area contributed by atoms with E-state index >= 15 is 0 Å². The lowest BCUT2D eigenvalue weighted by Crippen LogP contribution is -2.28. The summed E-state index contributed by atoms with van der Waals surface area (Å²) in [6.45, 7) is 12.7. The second-order valence-corrected chi connectivity index (χ2v) is 6.21. The summed E-state index contributed by atoms with van der Waals surface area (Å²) in [5.41, 5.74) is 0.475. The number of likely N-dealkylation sites (N-methyl/N-ethyl adjacent to an activating group) is 1. The van der Waals surface area contributed by atoms with Crippen LogP contribution in [0.2, 0.25) is 0 Å². The highest BCUT2D eigenvalue weighted by molar-refractivity contribution is 4.67. The first kappa shape index (κ1) is 14.9. The zero-order chi connectivity index (χ0) is 11.9. The number of hydrogen-bond donors (Lipinski definition) is 1. The van der Waals surface area contributed by atoms with Crippen LogP contribution < -0.4 is 5.32 Å². The minimum atomic E-state index is 0.475. The van der Waals surface area contributed by atoms with Crippen molar-refractivity contribution in [1.29, 1.82) is 0 Å². The van der Waals surface area contributed by atoms with Gasteiger partial charge in [-0.3, -0.25) is 0 Å². The molecule has 0 aromatic heterocycles. The second-order valence-electron chi connectivity index (χ2n) is 6.21. The summed E-state index contributed by atoms with van der Waals surface area (Å²) in [7, 11) is 4.23. The Kier molecular flexibility index (Phi) is 7.20. The Morgan fingerprint density at radius 2 is 1.73 bits per heavy atom. The van der Waals surface area contributed by atoms with Crippen LogP contribution in [0.4, 0.5) is 0 Å². The third kappa shape index (κ3) is 11.8. The number of nitrogens with zero attached hydrogens (tertiary/aromatic N) is 1. The van der Waals surface area contributed by atoms with Crippen molar-refractivity contribution in [2.45, 2.75) is 40.5 Å². The van der Waals surface area contributed by atoms with Crippen LogP contribution in [0.5, 0.6) is 0 Å². The van der Waals surface area contributed by atoms with Gasteiger partial charge in [0.05, 0.1) is 0 Å². The average molecular weight is 214 g/mol. The molecule has 0 amide bonds. The Hall–Kier alpha value is -0.0800. The van der Waals surface area contributed by atoms with E-state index in [0.29, 0.717) is 5.41 Å². The molecule has 0 bridgehead atoms. The molecule has 0 aromatic carbocycles. The van der Waals surface area contributed by atoms with Crippen molar-refractivity contribution >= 4 is 0 Å². The van der Waals surface area contributed by atoms with E-state index in [-0.39, 0.29) is 0 Å². The summed E-state index contributed by atoms with van der Waals surface area (Å²) in [4.78, 5) is 2.21. The molecule has 15 heavy (non-hydrogen) atoms. The predicted molar refractivity (Wildman–Crippen MR) is 69.3 cm³/mol. The topological polar surface area (TPSA) is 15.3 Å². The molecule has 0 saturated heterocycles. The van der Waals surface area contributed by atoms with E-state index in [4.69, 9.17) is 0 Å². The van der Waals surface area contributed by atoms with Crippen molar-refractivity contribution < 1.29 is 0 Å². The molecular weight excluding hydrogens is 184 g/mol. The van der Waals surface area contributed by atoms with E-state index in [1.807, 2.05) is 0 Å². The Morgan fingerprint density at radius 3 is 2.20 bits per heavy atom. The number of nitrogens with one attached hydrogen (secondary N) is 1. The van der Waals surface area contributed by atoms with Gasteiger partial charge < -0.3 is 10.2 Å². The highest BCUT2D eigenvalue weighted by atomic mass is 15.1. The predicted octanol–water partition coefficient (Wildman–Crippen LogP) is 2.60. The van der Waals surface area contributed by atoms with Gasteiger partial charge >= 0.3 is 0 Å². The van der Waals surface area contributed by atoms with E-state index in [2.05, 4.69) is 52.0 Å². The van der Waals surface area contributed by atoms with Crippen LogP contribution in [0.25, 0.3) is 0 Å². The zero-order valence-corrected chi connectivity index (χ0v) is 11.6. The maximum Gasteiger partial charge on any atom is 0.0101 e. The molecule has 2 heteroatoms. The van der Waals surface area contributed by atoms with Gasteiger partial charge in [-0.15, -0.1) is 0 Å². The molecule has 0 radical (unpaired) electrons. The van der Waals surface area contributed by atoms with Crippen molar-refractivity contribution in [1.82, 2.24) is 10.2 Å². The lowest BCUT2D eigenvalue weighted by molar-refractivity contribution is 0.293. The summed E-state index contributed by atoms with van der Waals surface area (Å²) in [6.07, 6.45) is 2.62. The molecule has 0 rings (SSSR count). The normalized spacial score (nSPS) is 14.6. The first-order valence-corrected chi connectivity index (χ1v) is 6.17. The van der Waals surface area contributed by atoms with Crippen LogP contribution in [-0.4, -0.2) is 38.6 Å². The Labute approximate surface area is 96.4 Å². The van der Waals surface area contributed by atoms with Gasteiger partial charge in [0.2, 0.25) is 0 Å². The quantitative estimate of drug-likeness (QED) is 0.655. The van der Waals surface area contributed by atoms with Crippen LogP contribution in [0.1, 0.15) is 40.5 Å². The smallest absolute Gasteiger partial charge is 0.0101 e. The molecule has 0 saturated carbocycles. The van der Waals surface area contributed by atoms with Crippen molar-refractivity contribution in [3.8, 4) is 0 Å². The van der Waals surface area contributed by atoms with Crippen molar-refractivity contribution in [3.05, 3.63) is 0 Å². The fourth-order valence-corrected chi connectivity index (χ4v) is 1.92. The SMILES string of the molecule is CC(CCNCCN(C)C)CC(C)(C)C. The molecule has 0 spiro atoms. The fraction of sp³-hybridized carbons (Fsp3) is 1.00. The van der Waals surface area contributed by atoms with E-state index in [1.54, 1.807) is 0 Å². The Balaban J connectivity index is 3.36. The molecule has 1 atom stereocenters. The van der Waals surface area contributed by atoms with Gasteiger partial charge in [0, 0.05) is 13.1 Å². The van der Waals surface area contributed by atoms with E-state index in [9.17, 15) is 0 Å². The second kappa shape index (κ2) is 7.24. The van der Waals surface area contributed by atoms with Crippen molar-refractivity contribution in [2.24, 2.45) is 11.3 Å².